The number of H-pyrrole nitrogens is 1. The van der Waals surface area contributed by atoms with E-state index in [1.54, 1.807) is 6.07 Å². The lowest BCUT2D eigenvalue weighted by molar-refractivity contribution is 0.393. The average molecular weight is 317 g/mol. The van der Waals surface area contributed by atoms with Crippen molar-refractivity contribution in [3.8, 4) is 22.5 Å². The molecule has 0 aliphatic rings. The molecule has 2 heterocycles. The Kier molecular flexibility index (Phi) is 3.27. The molecule has 0 aliphatic heterocycles. The van der Waals surface area contributed by atoms with Crippen LogP contribution in [-0.4, -0.2) is 15.1 Å². The first-order valence-corrected chi connectivity index (χ1v) is 7.66. The van der Waals surface area contributed by atoms with Gasteiger partial charge in [-0.2, -0.15) is 0 Å². The summed E-state index contributed by atoms with van der Waals surface area (Å²) in [4.78, 5) is 19.7. The summed E-state index contributed by atoms with van der Waals surface area (Å²) < 4.78 is 5.25. The number of nitrogens with one attached hydrogen (secondary N) is 1. The van der Waals surface area contributed by atoms with Crippen LogP contribution < -0.4 is 5.56 Å². The third-order valence-corrected chi connectivity index (χ3v) is 4.07. The smallest absolute Gasteiger partial charge is 0.259 e. The summed E-state index contributed by atoms with van der Waals surface area (Å²) in [6, 6.07) is 15.2. The quantitative estimate of drug-likeness (QED) is 0.609. The molecule has 0 aliphatic carbocycles. The zero-order valence-corrected chi connectivity index (χ0v) is 13.3. The van der Waals surface area contributed by atoms with Gasteiger partial charge in [-0.1, -0.05) is 35.5 Å². The molecule has 0 spiro atoms. The molecule has 2 aromatic carbocycles. The van der Waals surface area contributed by atoms with Gasteiger partial charge >= 0.3 is 0 Å². The van der Waals surface area contributed by atoms with Crippen molar-refractivity contribution >= 4 is 10.9 Å². The van der Waals surface area contributed by atoms with Gasteiger partial charge in [0.05, 0.1) is 16.6 Å². The van der Waals surface area contributed by atoms with Crippen molar-refractivity contribution in [2.45, 2.75) is 13.8 Å². The van der Waals surface area contributed by atoms with Gasteiger partial charge in [-0.05, 0) is 37.6 Å². The number of rotatable bonds is 2. The predicted molar refractivity (Wildman–Crippen MR) is 92.8 cm³/mol. The second-order valence-electron chi connectivity index (χ2n) is 5.71. The molecule has 4 aromatic rings. The van der Waals surface area contributed by atoms with Crippen molar-refractivity contribution in [2.75, 3.05) is 0 Å². The maximum Gasteiger partial charge on any atom is 0.259 e. The van der Waals surface area contributed by atoms with Crippen molar-refractivity contribution in [1.29, 1.82) is 0 Å². The molecule has 5 heteroatoms. The fourth-order valence-corrected chi connectivity index (χ4v) is 2.94. The van der Waals surface area contributed by atoms with Gasteiger partial charge in [-0.25, -0.2) is 4.98 Å². The highest BCUT2D eigenvalue weighted by Gasteiger charge is 2.13. The number of nitrogens with zero attached hydrogens (tertiary/aromatic N) is 2. The number of hydrogen-bond acceptors (Lipinski definition) is 4. The third-order valence-electron chi connectivity index (χ3n) is 4.07. The van der Waals surface area contributed by atoms with E-state index >= 15 is 0 Å². The van der Waals surface area contributed by atoms with E-state index in [0.29, 0.717) is 16.7 Å². The van der Waals surface area contributed by atoms with Crippen molar-refractivity contribution in [3.63, 3.8) is 0 Å². The van der Waals surface area contributed by atoms with Crippen LogP contribution in [-0.2, 0) is 0 Å². The van der Waals surface area contributed by atoms with Crippen LogP contribution in [0.2, 0.25) is 0 Å². The molecule has 118 valence electrons. The first-order chi connectivity index (χ1) is 11.6. The molecule has 5 nitrogen and oxygen atoms in total. The minimum atomic E-state index is -0.140. The maximum atomic E-state index is 12.3. The number of fused-ring (bicyclic) bond motifs is 1. The molecule has 0 bridgehead atoms. The van der Waals surface area contributed by atoms with Crippen LogP contribution in [0.25, 0.3) is 33.4 Å². The lowest BCUT2D eigenvalue weighted by Crippen LogP contribution is -2.09. The summed E-state index contributed by atoms with van der Waals surface area (Å²) in [6.07, 6.45) is 0. The Labute approximate surface area is 138 Å². The average Bonchev–Trinajstić information content (AvgIpc) is 2.93. The van der Waals surface area contributed by atoms with Gasteiger partial charge in [0.25, 0.3) is 5.56 Å². The van der Waals surface area contributed by atoms with Gasteiger partial charge in [0.2, 0.25) is 0 Å². The Morgan fingerprint density at radius 2 is 1.79 bits per heavy atom. The standard InChI is InChI=1S/C19H15N3O2/c1-11-17(12(2)24-22-11)13-6-5-7-14(10-13)18-20-16-9-4-3-8-15(16)19(23)21-18/h3-10H,1-2H3,(H,20,21,23). The van der Waals surface area contributed by atoms with Crippen LogP contribution in [0.4, 0.5) is 0 Å². The molecule has 0 fully saturated rings. The lowest BCUT2D eigenvalue weighted by Gasteiger charge is -2.06. The van der Waals surface area contributed by atoms with E-state index in [1.807, 2.05) is 56.3 Å². The van der Waals surface area contributed by atoms with Crippen LogP contribution in [0.5, 0.6) is 0 Å². The largest absolute Gasteiger partial charge is 0.361 e. The van der Waals surface area contributed by atoms with Gasteiger partial charge in [0.15, 0.2) is 0 Å². The number of aryl methyl sites for hydroxylation is 2. The maximum absolute atomic E-state index is 12.3. The lowest BCUT2D eigenvalue weighted by atomic mass is 10.0. The zero-order chi connectivity index (χ0) is 16.7. The van der Waals surface area contributed by atoms with Gasteiger partial charge in [-0.3, -0.25) is 4.79 Å². The molecular formula is C19H15N3O2. The normalized spacial score (nSPS) is 11.1. The molecule has 4 rings (SSSR count). The number of hydrogen-bond donors (Lipinski definition) is 1. The third kappa shape index (κ3) is 2.31. The number of para-hydroxylation sites is 1. The highest BCUT2D eigenvalue weighted by atomic mass is 16.5. The fourth-order valence-electron chi connectivity index (χ4n) is 2.94. The van der Waals surface area contributed by atoms with E-state index in [4.69, 9.17) is 4.52 Å². The van der Waals surface area contributed by atoms with E-state index in [-0.39, 0.29) is 5.56 Å². The Morgan fingerprint density at radius 3 is 2.58 bits per heavy atom. The molecular weight excluding hydrogens is 302 g/mol. The topological polar surface area (TPSA) is 71.8 Å². The molecule has 0 saturated heterocycles. The van der Waals surface area contributed by atoms with Gasteiger partial charge in [-0.15, -0.1) is 0 Å². The highest BCUT2D eigenvalue weighted by Crippen LogP contribution is 2.29. The van der Waals surface area contributed by atoms with Gasteiger partial charge in [0.1, 0.15) is 11.6 Å². The summed E-state index contributed by atoms with van der Waals surface area (Å²) in [5.74, 6) is 1.32. The van der Waals surface area contributed by atoms with E-state index in [9.17, 15) is 4.79 Å². The SMILES string of the molecule is Cc1noc(C)c1-c1cccc(-c2nc3ccccc3c(=O)[nH]2)c1. The molecule has 0 radical (unpaired) electrons. The molecule has 2 aromatic heterocycles. The summed E-state index contributed by atoms with van der Waals surface area (Å²) >= 11 is 0. The molecule has 0 unspecified atom stereocenters. The number of aromatic amines is 1. The van der Waals surface area contributed by atoms with Crippen LogP contribution >= 0.6 is 0 Å². The van der Waals surface area contributed by atoms with Crippen LogP contribution in [0.3, 0.4) is 0 Å². The van der Waals surface area contributed by atoms with Gasteiger partial charge < -0.3 is 9.51 Å². The Balaban J connectivity index is 1.89. The molecule has 0 saturated carbocycles. The first-order valence-electron chi connectivity index (χ1n) is 7.66. The Bertz CT molecular complexity index is 1090. The van der Waals surface area contributed by atoms with E-state index < -0.39 is 0 Å². The molecule has 24 heavy (non-hydrogen) atoms. The second kappa shape index (κ2) is 5.45. The first kappa shape index (κ1) is 14.4. The highest BCUT2D eigenvalue weighted by molar-refractivity contribution is 5.80. The molecule has 0 atom stereocenters. The monoisotopic (exact) mass is 317 g/mol. The number of aromatic nitrogens is 3. The zero-order valence-electron chi connectivity index (χ0n) is 13.3. The fraction of sp³-hybridized carbons (Fsp3) is 0.105. The van der Waals surface area contributed by atoms with E-state index in [0.717, 1.165) is 28.1 Å². The Hall–Kier alpha value is -3.21. The minimum Gasteiger partial charge on any atom is -0.361 e. The molecule has 1 N–H and O–H groups in total. The predicted octanol–water partition coefficient (Wildman–Crippen LogP) is 3.86. The second-order valence-corrected chi connectivity index (χ2v) is 5.71. The van der Waals surface area contributed by atoms with Crippen molar-refractivity contribution in [1.82, 2.24) is 15.1 Å². The summed E-state index contributed by atoms with van der Waals surface area (Å²) in [6.45, 7) is 3.80. The Morgan fingerprint density at radius 1 is 1.00 bits per heavy atom. The minimum absolute atomic E-state index is 0.140. The summed E-state index contributed by atoms with van der Waals surface area (Å²) in [5, 5.41) is 4.59. The molecule has 0 amide bonds. The number of benzene rings is 2. The van der Waals surface area contributed by atoms with Crippen molar-refractivity contribution in [2.24, 2.45) is 0 Å². The van der Waals surface area contributed by atoms with Crippen LogP contribution in [0.15, 0.2) is 57.8 Å². The van der Waals surface area contributed by atoms with Crippen molar-refractivity contribution < 1.29 is 4.52 Å². The van der Waals surface area contributed by atoms with Gasteiger partial charge in [0, 0.05) is 11.1 Å². The van der Waals surface area contributed by atoms with Crippen LogP contribution in [0.1, 0.15) is 11.5 Å². The summed E-state index contributed by atoms with van der Waals surface area (Å²) in [7, 11) is 0. The van der Waals surface area contributed by atoms with Crippen molar-refractivity contribution in [3.05, 3.63) is 70.3 Å². The van der Waals surface area contributed by atoms with Crippen LogP contribution in [0, 0.1) is 13.8 Å². The van der Waals surface area contributed by atoms with E-state index in [2.05, 4.69) is 15.1 Å². The summed E-state index contributed by atoms with van der Waals surface area (Å²) in [5.41, 5.74) is 4.18. The van der Waals surface area contributed by atoms with E-state index in [1.165, 1.54) is 0 Å².